The second-order valence-electron chi connectivity index (χ2n) is 5.32. The quantitative estimate of drug-likeness (QED) is 0.555. The Hall–Kier alpha value is -4.02. The van der Waals surface area contributed by atoms with Gasteiger partial charge in [0.1, 0.15) is 18.6 Å². The van der Waals surface area contributed by atoms with Crippen molar-refractivity contribution in [3.05, 3.63) is 48.5 Å². The van der Waals surface area contributed by atoms with Crippen LogP contribution in [0.25, 0.3) is 10.9 Å². The van der Waals surface area contributed by atoms with E-state index in [1.165, 1.54) is 17.3 Å². The molecule has 11 nitrogen and oxygen atoms in total. The van der Waals surface area contributed by atoms with Crippen molar-refractivity contribution in [1.82, 2.24) is 34.7 Å². The van der Waals surface area contributed by atoms with Crippen LogP contribution in [0.15, 0.2) is 42.9 Å². The Labute approximate surface area is 145 Å². The number of benzene rings is 1. The molecule has 0 aliphatic carbocycles. The van der Waals surface area contributed by atoms with Crippen molar-refractivity contribution in [1.29, 1.82) is 0 Å². The van der Waals surface area contributed by atoms with Crippen LogP contribution in [0, 0.1) is 0 Å². The van der Waals surface area contributed by atoms with E-state index in [-0.39, 0.29) is 12.5 Å². The number of hydrogen-bond acceptors (Lipinski definition) is 8. The number of tetrazole rings is 1. The maximum Gasteiger partial charge on any atom is 0.415 e. The predicted molar refractivity (Wildman–Crippen MR) is 88.8 cm³/mol. The van der Waals surface area contributed by atoms with Crippen molar-refractivity contribution in [2.45, 2.75) is 6.54 Å². The molecular formula is C15H12N8O3. The Morgan fingerprint density at radius 1 is 1.23 bits per heavy atom. The van der Waals surface area contributed by atoms with Crippen molar-refractivity contribution in [2.75, 3.05) is 5.73 Å². The van der Waals surface area contributed by atoms with E-state index in [1.807, 2.05) is 0 Å². The average molecular weight is 352 g/mol. The number of fused-ring (bicyclic) bond motifs is 1. The van der Waals surface area contributed by atoms with E-state index in [9.17, 15) is 4.79 Å². The van der Waals surface area contributed by atoms with Crippen LogP contribution in [-0.2, 0) is 6.54 Å². The van der Waals surface area contributed by atoms with Crippen LogP contribution in [0.2, 0.25) is 0 Å². The van der Waals surface area contributed by atoms with Crippen molar-refractivity contribution in [3.8, 4) is 11.6 Å². The maximum absolute atomic E-state index is 11.1. The zero-order valence-corrected chi connectivity index (χ0v) is 13.2. The fraction of sp³-hybridized carbons (Fsp3) is 0.0667. The Bertz CT molecular complexity index is 1100. The molecule has 3 heterocycles. The molecular weight excluding hydrogens is 340 g/mol. The van der Waals surface area contributed by atoms with Crippen LogP contribution >= 0.6 is 0 Å². The lowest BCUT2D eigenvalue weighted by Crippen LogP contribution is -2.06. The molecule has 1 aromatic carbocycles. The molecule has 0 aliphatic rings. The van der Waals surface area contributed by atoms with Gasteiger partial charge in [0.15, 0.2) is 0 Å². The molecule has 0 spiro atoms. The summed E-state index contributed by atoms with van der Waals surface area (Å²) in [5.74, 6) is 0.936. The molecule has 0 saturated carbocycles. The lowest BCUT2D eigenvalue weighted by atomic mass is 10.2. The number of nitrogens with two attached hydrogens (primary N) is 1. The van der Waals surface area contributed by atoms with Gasteiger partial charge in [0.25, 0.3) is 5.95 Å². The molecule has 3 N–H and O–H groups in total. The summed E-state index contributed by atoms with van der Waals surface area (Å²) in [4.78, 5) is 20.6. The Morgan fingerprint density at radius 3 is 2.88 bits per heavy atom. The topological polar surface area (TPSA) is 147 Å². The number of carboxylic acid groups (broad SMARTS) is 1. The van der Waals surface area contributed by atoms with E-state index in [2.05, 4.69) is 25.4 Å². The van der Waals surface area contributed by atoms with Crippen LogP contribution in [0.5, 0.6) is 11.6 Å². The Morgan fingerprint density at radius 2 is 2.12 bits per heavy atom. The molecule has 11 heteroatoms. The zero-order chi connectivity index (χ0) is 18.1. The van der Waals surface area contributed by atoms with Gasteiger partial charge in [0.05, 0.1) is 11.2 Å². The van der Waals surface area contributed by atoms with E-state index < -0.39 is 6.09 Å². The van der Waals surface area contributed by atoms with Crippen molar-refractivity contribution in [3.63, 3.8) is 0 Å². The van der Waals surface area contributed by atoms with Gasteiger partial charge in [0.2, 0.25) is 5.88 Å². The minimum Gasteiger partial charge on any atom is -0.464 e. The summed E-state index contributed by atoms with van der Waals surface area (Å²) >= 11 is 0. The van der Waals surface area contributed by atoms with Gasteiger partial charge in [0, 0.05) is 17.6 Å². The van der Waals surface area contributed by atoms with E-state index >= 15 is 0 Å². The molecule has 0 bridgehead atoms. The summed E-state index contributed by atoms with van der Waals surface area (Å²) in [6.07, 6.45) is 1.80. The second kappa shape index (κ2) is 6.12. The monoisotopic (exact) mass is 352 g/mol. The second-order valence-corrected chi connectivity index (χ2v) is 5.32. The van der Waals surface area contributed by atoms with Gasteiger partial charge in [-0.15, -0.1) is 5.10 Å². The predicted octanol–water partition coefficient (Wildman–Crippen LogP) is 1.37. The molecule has 0 atom stereocenters. The Kier molecular flexibility index (Phi) is 3.65. The largest absolute Gasteiger partial charge is 0.464 e. The third-order valence-corrected chi connectivity index (χ3v) is 3.56. The number of nitrogens with zero attached hydrogens (tertiary/aromatic N) is 7. The summed E-state index contributed by atoms with van der Waals surface area (Å²) < 4.78 is 6.88. The van der Waals surface area contributed by atoms with Crippen LogP contribution in [0.3, 0.4) is 0 Å². The standard InChI is InChI=1S/C15H12N8O3/c16-14-19-21-23(20-14)7-10-6-13(18-8-17-10)26-11-1-2-12-9(5-11)3-4-22(12)15(24)25/h1-6,8H,7H2,(H2,16,20)(H,24,25). The summed E-state index contributed by atoms with van der Waals surface area (Å²) in [5.41, 5.74) is 6.62. The van der Waals surface area contributed by atoms with Crippen molar-refractivity contribution in [2.24, 2.45) is 0 Å². The maximum atomic E-state index is 11.1. The molecule has 0 aliphatic heterocycles. The van der Waals surface area contributed by atoms with Gasteiger partial charge in [-0.05, 0) is 29.5 Å². The molecule has 3 aromatic heterocycles. The zero-order valence-electron chi connectivity index (χ0n) is 13.2. The molecule has 4 aromatic rings. The van der Waals surface area contributed by atoms with Crippen LogP contribution < -0.4 is 10.5 Å². The highest BCUT2D eigenvalue weighted by Gasteiger charge is 2.09. The van der Waals surface area contributed by atoms with Crippen LogP contribution in [-0.4, -0.2) is 45.9 Å². The van der Waals surface area contributed by atoms with Gasteiger partial charge in [-0.3, -0.25) is 4.57 Å². The Balaban J connectivity index is 1.56. The van der Waals surface area contributed by atoms with Gasteiger partial charge in [-0.1, -0.05) is 5.10 Å². The first-order chi connectivity index (χ1) is 12.6. The lowest BCUT2D eigenvalue weighted by Gasteiger charge is -2.06. The van der Waals surface area contributed by atoms with Crippen LogP contribution in [0.1, 0.15) is 5.69 Å². The normalized spacial score (nSPS) is 10.9. The first-order valence-electron chi connectivity index (χ1n) is 7.45. The van der Waals surface area contributed by atoms with Crippen LogP contribution in [0.4, 0.5) is 10.7 Å². The molecule has 0 saturated heterocycles. The summed E-state index contributed by atoms with van der Waals surface area (Å²) in [6.45, 7) is 0.267. The molecule has 0 unspecified atom stereocenters. The smallest absolute Gasteiger partial charge is 0.415 e. The molecule has 26 heavy (non-hydrogen) atoms. The van der Waals surface area contributed by atoms with Gasteiger partial charge in [-0.2, -0.15) is 4.80 Å². The lowest BCUT2D eigenvalue weighted by molar-refractivity contribution is 0.197. The van der Waals surface area contributed by atoms with Gasteiger partial charge in [-0.25, -0.2) is 14.8 Å². The third kappa shape index (κ3) is 3.00. The number of hydrogen-bond donors (Lipinski definition) is 2. The minimum atomic E-state index is -1.04. The van der Waals surface area contributed by atoms with E-state index in [0.29, 0.717) is 22.8 Å². The molecule has 0 radical (unpaired) electrons. The number of ether oxygens (including phenoxy) is 1. The third-order valence-electron chi connectivity index (χ3n) is 3.56. The highest BCUT2D eigenvalue weighted by Crippen LogP contribution is 2.25. The first-order valence-corrected chi connectivity index (χ1v) is 7.45. The summed E-state index contributed by atoms with van der Waals surface area (Å²) in [7, 11) is 0. The fourth-order valence-corrected chi connectivity index (χ4v) is 2.46. The van der Waals surface area contributed by atoms with E-state index in [0.717, 1.165) is 9.95 Å². The number of rotatable bonds is 4. The number of anilines is 1. The van der Waals surface area contributed by atoms with E-state index in [4.69, 9.17) is 15.6 Å². The summed E-state index contributed by atoms with van der Waals surface area (Å²) in [5, 5.41) is 21.1. The number of carbonyl (C=O) groups is 1. The first kappa shape index (κ1) is 15.5. The summed E-state index contributed by atoms with van der Waals surface area (Å²) in [6, 6.07) is 8.41. The number of aromatic nitrogens is 7. The SMILES string of the molecule is Nc1nnn(Cc2cc(Oc3ccc4c(ccn4C(=O)O)c3)ncn2)n1. The molecule has 0 amide bonds. The molecule has 130 valence electrons. The molecule has 4 rings (SSSR count). The van der Waals surface area contributed by atoms with E-state index in [1.54, 1.807) is 30.3 Å². The van der Waals surface area contributed by atoms with Gasteiger partial charge >= 0.3 is 6.09 Å². The minimum absolute atomic E-state index is 0.0807. The highest BCUT2D eigenvalue weighted by molar-refractivity contribution is 5.89. The van der Waals surface area contributed by atoms with Gasteiger partial charge < -0.3 is 15.6 Å². The molecule has 0 fully saturated rings. The van der Waals surface area contributed by atoms with Crippen molar-refractivity contribution >= 4 is 22.9 Å². The fourth-order valence-electron chi connectivity index (χ4n) is 2.46. The highest BCUT2D eigenvalue weighted by atomic mass is 16.5. The van der Waals surface area contributed by atoms with Crippen molar-refractivity contribution < 1.29 is 14.6 Å². The number of nitrogen functional groups attached to an aromatic ring is 1. The average Bonchev–Trinajstić information content (AvgIpc) is 3.21.